The number of aromatic nitrogens is 2. The first-order chi connectivity index (χ1) is 16.3. The molecule has 0 radical (unpaired) electrons. The van der Waals surface area contributed by atoms with Crippen LogP contribution in [0.2, 0.25) is 0 Å². The molecule has 0 aliphatic rings. The van der Waals surface area contributed by atoms with Crippen molar-refractivity contribution < 1.29 is 14.0 Å². The van der Waals surface area contributed by atoms with E-state index in [0.29, 0.717) is 16.0 Å². The van der Waals surface area contributed by atoms with Gasteiger partial charge >= 0.3 is 5.69 Å². The van der Waals surface area contributed by atoms with Gasteiger partial charge in [0.05, 0.1) is 0 Å². The molecule has 0 aliphatic carbocycles. The van der Waals surface area contributed by atoms with Crippen LogP contribution in [0.15, 0.2) is 70.4 Å². The Balaban J connectivity index is 1.50. The van der Waals surface area contributed by atoms with Crippen LogP contribution in [-0.4, -0.2) is 27.3 Å². The fraction of sp³-hybridized carbons (Fsp3) is 0.167. The van der Waals surface area contributed by atoms with Gasteiger partial charge in [0.2, 0.25) is 0 Å². The lowest BCUT2D eigenvalue weighted by Gasteiger charge is -2.09. The Morgan fingerprint density at radius 3 is 2.38 bits per heavy atom. The van der Waals surface area contributed by atoms with E-state index in [1.54, 1.807) is 49.4 Å². The highest BCUT2D eigenvalue weighted by Gasteiger charge is 2.17. The summed E-state index contributed by atoms with van der Waals surface area (Å²) in [5.74, 6) is -1.08. The lowest BCUT2D eigenvalue weighted by Crippen LogP contribution is -2.41. The van der Waals surface area contributed by atoms with Crippen LogP contribution in [0.1, 0.15) is 31.2 Å². The number of carbonyl (C=O) groups is 2. The minimum atomic E-state index is -0.589. The molecular weight excluding hydrogens is 459 g/mol. The van der Waals surface area contributed by atoms with E-state index in [1.807, 2.05) is 0 Å². The average Bonchev–Trinajstić information content (AvgIpc) is 3.31. The molecule has 2 aromatic heterocycles. The molecule has 2 heterocycles. The van der Waals surface area contributed by atoms with Crippen molar-refractivity contribution in [2.24, 2.45) is 0 Å². The maximum Gasteiger partial charge on any atom is 0.336 e. The number of nitrogens with zero attached hydrogens (tertiary/aromatic N) is 2. The van der Waals surface area contributed by atoms with Crippen molar-refractivity contribution >= 4 is 28.0 Å². The van der Waals surface area contributed by atoms with Crippen LogP contribution in [0.25, 0.3) is 4.83 Å². The van der Waals surface area contributed by atoms with E-state index in [0.717, 1.165) is 21.5 Å². The Bertz CT molecular complexity index is 1470. The third kappa shape index (κ3) is 4.81. The second kappa shape index (κ2) is 9.84. The standard InChI is InChI=1S/C24H21FN4O4S/c1-15-22(32)28(12-11-26-20(30)17-5-3-2-4-6-17)24(33)29-14-19(34-23(15)29)21(31)27-13-16-7-9-18(25)10-8-16/h2-10,14H,11-13H2,1H3,(H,26,30)(H,27,31). The van der Waals surface area contributed by atoms with Gasteiger partial charge < -0.3 is 10.6 Å². The molecule has 0 saturated carbocycles. The van der Waals surface area contributed by atoms with E-state index in [1.165, 1.54) is 22.7 Å². The van der Waals surface area contributed by atoms with Gasteiger partial charge in [-0.05, 0) is 36.8 Å². The van der Waals surface area contributed by atoms with Gasteiger partial charge in [-0.1, -0.05) is 30.3 Å². The molecule has 0 unspecified atom stereocenters. The summed E-state index contributed by atoms with van der Waals surface area (Å²) in [6, 6.07) is 14.4. The highest BCUT2D eigenvalue weighted by molar-refractivity contribution is 7.19. The molecule has 0 spiro atoms. The molecule has 0 aliphatic heterocycles. The van der Waals surface area contributed by atoms with Gasteiger partial charge in [0.1, 0.15) is 15.5 Å². The molecule has 0 atom stereocenters. The molecule has 8 nitrogen and oxygen atoms in total. The minimum absolute atomic E-state index is 0.0119. The second-order valence-electron chi connectivity index (χ2n) is 7.57. The largest absolute Gasteiger partial charge is 0.350 e. The number of thiazole rings is 1. The molecule has 10 heteroatoms. The van der Waals surface area contributed by atoms with Crippen molar-refractivity contribution in [2.45, 2.75) is 20.0 Å². The van der Waals surface area contributed by atoms with Gasteiger partial charge in [-0.15, -0.1) is 11.3 Å². The monoisotopic (exact) mass is 480 g/mol. The van der Waals surface area contributed by atoms with Crippen LogP contribution in [0.4, 0.5) is 4.39 Å². The van der Waals surface area contributed by atoms with Crippen LogP contribution in [0, 0.1) is 12.7 Å². The predicted molar refractivity (Wildman–Crippen MR) is 127 cm³/mol. The van der Waals surface area contributed by atoms with Crippen LogP contribution >= 0.6 is 11.3 Å². The zero-order chi connectivity index (χ0) is 24.2. The smallest absolute Gasteiger partial charge is 0.336 e. The van der Waals surface area contributed by atoms with E-state index in [4.69, 9.17) is 0 Å². The fourth-order valence-electron chi connectivity index (χ4n) is 3.41. The first-order valence-corrected chi connectivity index (χ1v) is 11.3. The summed E-state index contributed by atoms with van der Waals surface area (Å²) in [6.07, 6.45) is 1.40. The highest BCUT2D eigenvalue weighted by Crippen LogP contribution is 2.18. The Labute approximate surface area is 197 Å². The molecule has 2 amide bonds. The molecule has 0 fully saturated rings. The third-order valence-corrected chi connectivity index (χ3v) is 6.45. The van der Waals surface area contributed by atoms with E-state index in [9.17, 15) is 23.6 Å². The quantitative estimate of drug-likeness (QED) is 0.424. The minimum Gasteiger partial charge on any atom is -0.350 e. The van der Waals surface area contributed by atoms with Crippen LogP contribution in [0.3, 0.4) is 0 Å². The van der Waals surface area contributed by atoms with Gasteiger partial charge in [0.25, 0.3) is 17.4 Å². The number of fused-ring (bicyclic) bond motifs is 1. The molecule has 0 saturated heterocycles. The predicted octanol–water partition coefficient (Wildman–Crippen LogP) is 2.33. The molecular formula is C24H21FN4O4S. The maximum atomic E-state index is 13.0. The van der Waals surface area contributed by atoms with E-state index in [2.05, 4.69) is 10.6 Å². The number of hydrogen-bond donors (Lipinski definition) is 2. The summed E-state index contributed by atoms with van der Waals surface area (Å²) >= 11 is 1.04. The van der Waals surface area contributed by atoms with E-state index >= 15 is 0 Å². The summed E-state index contributed by atoms with van der Waals surface area (Å²) in [7, 11) is 0. The summed E-state index contributed by atoms with van der Waals surface area (Å²) < 4.78 is 15.4. The highest BCUT2D eigenvalue weighted by atomic mass is 32.1. The lowest BCUT2D eigenvalue weighted by atomic mass is 10.2. The van der Waals surface area contributed by atoms with Crippen LogP contribution < -0.4 is 21.9 Å². The van der Waals surface area contributed by atoms with Crippen molar-refractivity contribution in [3.05, 3.63) is 109 Å². The van der Waals surface area contributed by atoms with E-state index < -0.39 is 17.2 Å². The normalized spacial score (nSPS) is 10.9. The molecule has 34 heavy (non-hydrogen) atoms. The Morgan fingerprint density at radius 2 is 1.68 bits per heavy atom. The average molecular weight is 481 g/mol. The number of rotatable bonds is 7. The van der Waals surface area contributed by atoms with Crippen LogP contribution in [-0.2, 0) is 13.1 Å². The SMILES string of the molecule is Cc1c(=O)n(CCNC(=O)c2ccccc2)c(=O)n2cc(C(=O)NCc3ccc(F)cc3)sc12. The molecule has 4 aromatic rings. The van der Waals surface area contributed by atoms with Crippen molar-refractivity contribution in [2.75, 3.05) is 6.54 Å². The summed E-state index contributed by atoms with van der Waals surface area (Å²) in [4.78, 5) is 51.2. The number of halogens is 1. The van der Waals surface area contributed by atoms with Crippen molar-refractivity contribution in [1.82, 2.24) is 19.6 Å². The van der Waals surface area contributed by atoms with E-state index in [-0.39, 0.29) is 36.2 Å². The molecule has 4 rings (SSSR count). The molecule has 0 bridgehead atoms. The topological polar surface area (TPSA) is 102 Å². The summed E-state index contributed by atoms with van der Waals surface area (Å²) in [5.41, 5.74) is 0.470. The van der Waals surface area contributed by atoms with Crippen molar-refractivity contribution in [3.63, 3.8) is 0 Å². The molecule has 2 N–H and O–H groups in total. The van der Waals surface area contributed by atoms with Gasteiger partial charge in [0, 0.05) is 37.0 Å². The number of benzene rings is 2. The van der Waals surface area contributed by atoms with Gasteiger partial charge in [-0.25, -0.2) is 9.18 Å². The van der Waals surface area contributed by atoms with Gasteiger partial charge in [-0.2, -0.15) is 0 Å². The number of amides is 2. The molecule has 2 aromatic carbocycles. The number of nitrogens with one attached hydrogen (secondary N) is 2. The Morgan fingerprint density at radius 1 is 0.971 bits per heavy atom. The van der Waals surface area contributed by atoms with Crippen molar-refractivity contribution in [1.29, 1.82) is 0 Å². The lowest BCUT2D eigenvalue weighted by molar-refractivity contribution is 0.0944. The first-order valence-electron chi connectivity index (χ1n) is 10.5. The van der Waals surface area contributed by atoms with Crippen molar-refractivity contribution in [3.8, 4) is 0 Å². The van der Waals surface area contributed by atoms with Crippen LogP contribution in [0.5, 0.6) is 0 Å². The Kier molecular flexibility index (Phi) is 6.69. The summed E-state index contributed by atoms with van der Waals surface area (Å²) in [6.45, 7) is 1.85. The summed E-state index contributed by atoms with van der Waals surface area (Å²) in [5, 5.41) is 5.42. The number of hydrogen-bond acceptors (Lipinski definition) is 5. The van der Waals surface area contributed by atoms with Gasteiger partial charge in [-0.3, -0.25) is 23.4 Å². The number of aryl methyl sites for hydroxylation is 1. The fourth-order valence-corrected chi connectivity index (χ4v) is 4.41. The second-order valence-corrected chi connectivity index (χ2v) is 8.60. The third-order valence-electron chi connectivity index (χ3n) is 5.24. The Hall–Kier alpha value is -4.05. The zero-order valence-electron chi connectivity index (χ0n) is 18.2. The van der Waals surface area contributed by atoms with Gasteiger partial charge in [0.15, 0.2) is 0 Å². The number of carbonyl (C=O) groups excluding carboxylic acids is 2. The zero-order valence-corrected chi connectivity index (χ0v) is 19.0. The molecule has 174 valence electrons. The first kappa shape index (κ1) is 23.1. The maximum absolute atomic E-state index is 13.0.